The number of likely N-dealkylation sites (tertiary alicyclic amines) is 1. The summed E-state index contributed by atoms with van der Waals surface area (Å²) < 4.78 is 5.73. The average Bonchev–Trinajstić information content (AvgIpc) is 2.73. The fraction of sp³-hybridized carbons (Fsp3) is 0.941. The summed E-state index contributed by atoms with van der Waals surface area (Å²) in [6.07, 6.45) is 8.05. The second kappa shape index (κ2) is 9.04. The first-order valence-electron chi connectivity index (χ1n) is 8.73. The van der Waals surface area contributed by atoms with E-state index in [2.05, 4.69) is 18.7 Å². The zero-order valence-electron chi connectivity index (χ0n) is 13.7. The van der Waals surface area contributed by atoms with Crippen LogP contribution in [0.25, 0.3) is 0 Å². The Bertz CT molecular complexity index is 324. The van der Waals surface area contributed by atoms with Crippen molar-refractivity contribution >= 4 is 17.7 Å². The summed E-state index contributed by atoms with van der Waals surface area (Å²) in [4.78, 5) is 14.8. The number of amides is 1. The zero-order chi connectivity index (χ0) is 15.1. The number of rotatable bonds is 5. The second-order valence-electron chi connectivity index (χ2n) is 6.41. The van der Waals surface area contributed by atoms with Gasteiger partial charge < -0.3 is 9.64 Å². The van der Waals surface area contributed by atoms with Crippen molar-refractivity contribution < 1.29 is 9.53 Å². The highest BCUT2D eigenvalue weighted by molar-refractivity contribution is 7.99. The molecule has 122 valence electrons. The Labute approximate surface area is 134 Å². The number of carbonyl (C=O) groups is 1. The SMILES string of the molecule is CCSC1CCCCN(C(=O)CC2CCOC(CC)C2)C1. The lowest BCUT2D eigenvalue weighted by molar-refractivity contribution is -0.133. The number of ether oxygens (including phenoxy) is 1. The quantitative estimate of drug-likeness (QED) is 0.775. The molecular formula is C17H31NO2S. The molecule has 2 fully saturated rings. The fourth-order valence-electron chi connectivity index (χ4n) is 3.51. The molecule has 3 atom stereocenters. The Morgan fingerprint density at radius 3 is 2.90 bits per heavy atom. The van der Waals surface area contributed by atoms with Crippen LogP contribution in [0, 0.1) is 5.92 Å². The van der Waals surface area contributed by atoms with Crippen molar-refractivity contribution in [3.8, 4) is 0 Å². The van der Waals surface area contributed by atoms with Crippen molar-refractivity contribution in [2.24, 2.45) is 5.92 Å². The molecule has 2 saturated heterocycles. The predicted molar refractivity (Wildman–Crippen MR) is 89.7 cm³/mol. The first-order valence-corrected chi connectivity index (χ1v) is 9.78. The highest BCUT2D eigenvalue weighted by Gasteiger charge is 2.27. The molecule has 0 aromatic heterocycles. The molecule has 0 spiro atoms. The molecule has 0 N–H and O–H groups in total. The third kappa shape index (κ3) is 5.48. The monoisotopic (exact) mass is 313 g/mol. The number of carbonyl (C=O) groups excluding carboxylic acids is 1. The number of hydrogen-bond donors (Lipinski definition) is 0. The van der Waals surface area contributed by atoms with Gasteiger partial charge in [0.25, 0.3) is 0 Å². The van der Waals surface area contributed by atoms with Crippen molar-refractivity contribution in [3.63, 3.8) is 0 Å². The maximum absolute atomic E-state index is 12.6. The molecule has 0 aromatic carbocycles. The topological polar surface area (TPSA) is 29.5 Å². The van der Waals surface area contributed by atoms with Crippen LogP contribution in [-0.4, -0.2) is 47.6 Å². The summed E-state index contributed by atoms with van der Waals surface area (Å²) in [5.41, 5.74) is 0. The van der Waals surface area contributed by atoms with E-state index in [0.29, 0.717) is 23.2 Å². The Kier molecular flexibility index (Phi) is 7.38. The van der Waals surface area contributed by atoms with E-state index in [-0.39, 0.29) is 0 Å². The van der Waals surface area contributed by atoms with Crippen molar-refractivity contribution in [1.82, 2.24) is 4.90 Å². The van der Waals surface area contributed by atoms with Crippen LogP contribution in [0.5, 0.6) is 0 Å². The van der Waals surface area contributed by atoms with Gasteiger partial charge in [-0.3, -0.25) is 4.79 Å². The lowest BCUT2D eigenvalue weighted by atomic mass is 9.91. The van der Waals surface area contributed by atoms with Crippen molar-refractivity contribution in [2.45, 2.75) is 70.1 Å². The molecular weight excluding hydrogens is 282 g/mol. The van der Waals surface area contributed by atoms with Crippen LogP contribution in [0.3, 0.4) is 0 Å². The molecule has 2 heterocycles. The highest BCUT2D eigenvalue weighted by Crippen LogP contribution is 2.27. The molecule has 0 saturated carbocycles. The molecule has 0 radical (unpaired) electrons. The predicted octanol–water partition coefficient (Wildman–Crippen LogP) is 3.72. The minimum absolute atomic E-state index is 0.379. The molecule has 3 unspecified atom stereocenters. The van der Waals surface area contributed by atoms with E-state index in [9.17, 15) is 4.79 Å². The van der Waals surface area contributed by atoms with E-state index in [1.54, 1.807) is 0 Å². The third-order valence-electron chi connectivity index (χ3n) is 4.78. The zero-order valence-corrected chi connectivity index (χ0v) is 14.5. The van der Waals surface area contributed by atoms with Crippen LogP contribution in [0.1, 0.15) is 58.8 Å². The fourth-order valence-corrected chi connectivity index (χ4v) is 4.60. The third-order valence-corrected chi connectivity index (χ3v) is 5.97. The average molecular weight is 314 g/mol. The van der Waals surface area contributed by atoms with Gasteiger partial charge in [-0.05, 0) is 43.8 Å². The van der Waals surface area contributed by atoms with Crippen LogP contribution in [0.15, 0.2) is 0 Å². The van der Waals surface area contributed by atoms with Crippen LogP contribution < -0.4 is 0 Å². The van der Waals surface area contributed by atoms with Crippen LogP contribution in [-0.2, 0) is 9.53 Å². The molecule has 2 rings (SSSR count). The minimum Gasteiger partial charge on any atom is -0.378 e. The molecule has 0 bridgehead atoms. The first-order chi connectivity index (χ1) is 10.2. The van der Waals surface area contributed by atoms with Crippen LogP contribution >= 0.6 is 11.8 Å². The number of nitrogens with zero attached hydrogens (tertiary/aromatic N) is 1. The van der Waals surface area contributed by atoms with E-state index in [4.69, 9.17) is 4.74 Å². The van der Waals surface area contributed by atoms with Crippen molar-refractivity contribution in [3.05, 3.63) is 0 Å². The maximum atomic E-state index is 12.6. The Morgan fingerprint density at radius 1 is 1.29 bits per heavy atom. The first kappa shape index (κ1) is 17.1. The Balaban J connectivity index is 1.83. The number of hydrogen-bond acceptors (Lipinski definition) is 3. The summed E-state index contributed by atoms with van der Waals surface area (Å²) in [5.74, 6) is 2.09. The van der Waals surface area contributed by atoms with E-state index < -0.39 is 0 Å². The lowest BCUT2D eigenvalue weighted by Crippen LogP contribution is -2.38. The lowest BCUT2D eigenvalue weighted by Gasteiger charge is -2.31. The van der Waals surface area contributed by atoms with E-state index in [0.717, 1.165) is 51.1 Å². The van der Waals surface area contributed by atoms with Gasteiger partial charge in [0, 0.05) is 31.4 Å². The van der Waals surface area contributed by atoms with Crippen LogP contribution in [0.4, 0.5) is 0 Å². The normalized spacial score (nSPS) is 31.0. The van der Waals surface area contributed by atoms with Gasteiger partial charge in [-0.1, -0.05) is 20.3 Å². The molecule has 4 heteroatoms. The van der Waals surface area contributed by atoms with E-state index in [1.165, 1.54) is 19.3 Å². The standard InChI is InChI=1S/C17H31NO2S/c1-3-15-11-14(8-10-20-15)12-17(19)18-9-6-5-7-16(13-18)21-4-2/h14-16H,3-13H2,1-2H3. The summed E-state index contributed by atoms with van der Waals surface area (Å²) in [6, 6.07) is 0. The Hall–Kier alpha value is -0.220. The van der Waals surface area contributed by atoms with Gasteiger partial charge in [0.15, 0.2) is 0 Å². The van der Waals surface area contributed by atoms with Crippen molar-refractivity contribution in [2.75, 3.05) is 25.4 Å². The Morgan fingerprint density at radius 2 is 2.14 bits per heavy atom. The molecule has 21 heavy (non-hydrogen) atoms. The molecule has 0 aliphatic carbocycles. The van der Waals surface area contributed by atoms with Gasteiger partial charge in [0.2, 0.25) is 5.91 Å². The van der Waals surface area contributed by atoms with Gasteiger partial charge in [-0.15, -0.1) is 0 Å². The summed E-state index contributed by atoms with van der Waals surface area (Å²) in [7, 11) is 0. The molecule has 1 amide bonds. The molecule has 3 nitrogen and oxygen atoms in total. The van der Waals surface area contributed by atoms with E-state index >= 15 is 0 Å². The maximum Gasteiger partial charge on any atom is 0.222 e. The molecule has 2 aliphatic rings. The summed E-state index contributed by atoms with van der Waals surface area (Å²) in [5, 5.41) is 0.652. The summed E-state index contributed by atoms with van der Waals surface area (Å²) >= 11 is 2.02. The van der Waals surface area contributed by atoms with Crippen LogP contribution in [0.2, 0.25) is 0 Å². The van der Waals surface area contributed by atoms with Crippen molar-refractivity contribution in [1.29, 1.82) is 0 Å². The van der Waals surface area contributed by atoms with Gasteiger partial charge in [0.1, 0.15) is 0 Å². The second-order valence-corrected chi connectivity index (χ2v) is 7.99. The highest BCUT2D eigenvalue weighted by atomic mass is 32.2. The van der Waals surface area contributed by atoms with Gasteiger partial charge in [-0.2, -0.15) is 11.8 Å². The van der Waals surface area contributed by atoms with E-state index in [1.807, 2.05) is 11.8 Å². The van der Waals surface area contributed by atoms with Gasteiger partial charge in [-0.25, -0.2) is 0 Å². The smallest absolute Gasteiger partial charge is 0.222 e. The largest absolute Gasteiger partial charge is 0.378 e. The molecule has 0 aromatic rings. The molecule has 2 aliphatic heterocycles. The number of thioether (sulfide) groups is 1. The van der Waals surface area contributed by atoms with Gasteiger partial charge in [0.05, 0.1) is 6.10 Å². The summed E-state index contributed by atoms with van der Waals surface area (Å²) in [6.45, 7) is 7.17. The van der Waals surface area contributed by atoms with Gasteiger partial charge >= 0.3 is 0 Å². The minimum atomic E-state index is 0.379.